The SMILES string of the molecule is O=[N+]([O-])c1ccc(NC2CC(Cn3ccnn3)C2)cc1OC(F)F. The Morgan fingerprint density at radius 3 is 2.88 bits per heavy atom. The van der Waals surface area contributed by atoms with Crippen LogP contribution in [-0.2, 0) is 6.54 Å². The molecule has 0 saturated heterocycles. The van der Waals surface area contributed by atoms with Gasteiger partial charge >= 0.3 is 12.3 Å². The minimum Gasteiger partial charge on any atom is -0.427 e. The average Bonchev–Trinajstić information content (AvgIpc) is 2.97. The van der Waals surface area contributed by atoms with E-state index in [9.17, 15) is 18.9 Å². The number of nitrogens with one attached hydrogen (secondary N) is 1. The van der Waals surface area contributed by atoms with Gasteiger partial charge in [0, 0.05) is 36.6 Å². The number of hydrogen-bond donors (Lipinski definition) is 1. The van der Waals surface area contributed by atoms with Crippen molar-refractivity contribution in [2.75, 3.05) is 5.32 Å². The molecule has 24 heavy (non-hydrogen) atoms. The summed E-state index contributed by atoms with van der Waals surface area (Å²) in [6.45, 7) is -2.34. The van der Waals surface area contributed by atoms with Gasteiger partial charge < -0.3 is 10.1 Å². The van der Waals surface area contributed by atoms with Crippen LogP contribution in [0.3, 0.4) is 0 Å². The summed E-state index contributed by atoms with van der Waals surface area (Å²) in [5.74, 6) is 0.0116. The fourth-order valence-electron chi connectivity index (χ4n) is 2.78. The highest BCUT2D eigenvalue weighted by Crippen LogP contribution is 2.35. The van der Waals surface area contributed by atoms with Crippen LogP contribution in [0, 0.1) is 16.0 Å². The third-order valence-electron chi connectivity index (χ3n) is 3.90. The number of nitrogens with zero attached hydrogens (tertiary/aromatic N) is 4. The molecule has 128 valence electrons. The van der Waals surface area contributed by atoms with Crippen molar-refractivity contribution < 1.29 is 18.4 Å². The molecule has 0 unspecified atom stereocenters. The van der Waals surface area contributed by atoms with Crippen molar-refractivity contribution in [3.05, 3.63) is 40.7 Å². The Bertz CT molecular complexity index is 704. The van der Waals surface area contributed by atoms with Crippen molar-refractivity contribution in [1.29, 1.82) is 0 Å². The predicted octanol–water partition coefficient (Wildman–Crippen LogP) is 2.68. The zero-order chi connectivity index (χ0) is 17.1. The number of alkyl halides is 2. The molecule has 1 heterocycles. The van der Waals surface area contributed by atoms with Gasteiger partial charge in [-0.05, 0) is 24.8 Å². The summed E-state index contributed by atoms with van der Waals surface area (Å²) in [5, 5.41) is 21.7. The molecular weight excluding hydrogens is 324 g/mol. The third kappa shape index (κ3) is 3.76. The number of halogens is 2. The summed E-state index contributed by atoms with van der Waals surface area (Å²) in [4.78, 5) is 10.1. The zero-order valence-electron chi connectivity index (χ0n) is 12.5. The smallest absolute Gasteiger partial charge is 0.387 e. The van der Waals surface area contributed by atoms with E-state index in [1.54, 1.807) is 17.1 Å². The Hall–Kier alpha value is -2.78. The van der Waals surface area contributed by atoms with Gasteiger partial charge in [-0.1, -0.05) is 5.21 Å². The Morgan fingerprint density at radius 2 is 2.25 bits per heavy atom. The molecule has 0 atom stereocenters. The topological polar surface area (TPSA) is 95.1 Å². The lowest BCUT2D eigenvalue weighted by Gasteiger charge is -2.36. The Kier molecular flexibility index (Phi) is 4.54. The van der Waals surface area contributed by atoms with Gasteiger partial charge in [-0.25, -0.2) is 0 Å². The Morgan fingerprint density at radius 1 is 1.46 bits per heavy atom. The fourth-order valence-corrected chi connectivity index (χ4v) is 2.78. The molecule has 1 saturated carbocycles. The normalized spacial score (nSPS) is 19.8. The molecule has 1 aliphatic rings. The molecule has 3 rings (SSSR count). The van der Waals surface area contributed by atoms with Gasteiger partial charge in [-0.3, -0.25) is 14.8 Å². The van der Waals surface area contributed by atoms with Crippen molar-refractivity contribution >= 4 is 11.4 Å². The minimum absolute atomic E-state index is 0.180. The van der Waals surface area contributed by atoms with E-state index in [1.807, 2.05) is 0 Å². The van der Waals surface area contributed by atoms with Crippen molar-refractivity contribution in [2.24, 2.45) is 5.92 Å². The highest BCUT2D eigenvalue weighted by molar-refractivity contribution is 5.58. The number of aromatic nitrogens is 3. The van der Waals surface area contributed by atoms with Crippen LogP contribution in [0.25, 0.3) is 0 Å². The summed E-state index contributed by atoms with van der Waals surface area (Å²) in [7, 11) is 0. The van der Waals surface area contributed by atoms with E-state index >= 15 is 0 Å². The lowest BCUT2D eigenvalue weighted by Crippen LogP contribution is -2.37. The van der Waals surface area contributed by atoms with Crippen molar-refractivity contribution in [2.45, 2.75) is 32.0 Å². The van der Waals surface area contributed by atoms with Crippen molar-refractivity contribution in [3.8, 4) is 5.75 Å². The first-order chi connectivity index (χ1) is 11.5. The van der Waals surface area contributed by atoms with Gasteiger partial charge in [0.15, 0.2) is 0 Å². The quantitative estimate of drug-likeness (QED) is 0.615. The van der Waals surface area contributed by atoms with E-state index < -0.39 is 23.0 Å². The van der Waals surface area contributed by atoms with Crippen LogP contribution in [0.15, 0.2) is 30.6 Å². The largest absolute Gasteiger partial charge is 0.427 e. The maximum atomic E-state index is 12.4. The Labute approximate surface area is 135 Å². The van der Waals surface area contributed by atoms with E-state index in [-0.39, 0.29) is 6.04 Å². The van der Waals surface area contributed by atoms with Crippen LogP contribution in [0.2, 0.25) is 0 Å². The first kappa shape index (κ1) is 16.1. The van der Waals surface area contributed by atoms with E-state index in [4.69, 9.17) is 0 Å². The first-order valence-corrected chi connectivity index (χ1v) is 7.35. The molecule has 1 aliphatic carbocycles. The Balaban J connectivity index is 1.58. The van der Waals surface area contributed by atoms with Crippen LogP contribution in [0.1, 0.15) is 12.8 Å². The van der Waals surface area contributed by atoms with Crippen LogP contribution in [0.4, 0.5) is 20.2 Å². The van der Waals surface area contributed by atoms with Crippen LogP contribution < -0.4 is 10.1 Å². The molecule has 0 amide bonds. The number of nitro groups is 1. The minimum atomic E-state index is -3.12. The molecule has 0 radical (unpaired) electrons. The lowest BCUT2D eigenvalue weighted by atomic mass is 9.80. The van der Waals surface area contributed by atoms with Crippen LogP contribution in [-0.4, -0.2) is 32.6 Å². The monoisotopic (exact) mass is 339 g/mol. The van der Waals surface area contributed by atoms with Gasteiger partial charge in [0.05, 0.1) is 11.1 Å². The number of hydrogen-bond acceptors (Lipinski definition) is 6. The molecule has 0 spiro atoms. The van der Waals surface area contributed by atoms with Gasteiger partial charge in [0.1, 0.15) is 0 Å². The standard InChI is InChI=1S/C14H15F2N5O3/c15-14(16)24-13-7-10(1-2-12(13)21(22)23)18-11-5-9(6-11)8-20-4-3-17-19-20/h1-4,7,9,11,14,18H,5-6,8H2. The van der Waals surface area contributed by atoms with Crippen LogP contribution >= 0.6 is 0 Å². The van der Waals surface area contributed by atoms with Gasteiger partial charge in [-0.15, -0.1) is 5.10 Å². The number of benzene rings is 1. The molecule has 2 aromatic rings. The second-order valence-electron chi connectivity index (χ2n) is 5.62. The maximum Gasteiger partial charge on any atom is 0.387 e. The summed E-state index contributed by atoms with van der Waals surface area (Å²) in [6, 6.07) is 4.06. The number of anilines is 1. The van der Waals surface area contributed by atoms with E-state index in [0.717, 1.165) is 25.5 Å². The van der Waals surface area contributed by atoms with Crippen molar-refractivity contribution in [3.63, 3.8) is 0 Å². The van der Waals surface area contributed by atoms with Crippen molar-refractivity contribution in [1.82, 2.24) is 15.0 Å². The average molecular weight is 339 g/mol. The second-order valence-corrected chi connectivity index (χ2v) is 5.62. The van der Waals surface area contributed by atoms with E-state index in [1.165, 1.54) is 12.1 Å². The molecule has 1 N–H and O–H groups in total. The molecule has 1 fully saturated rings. The second kappa shape index (κ2) is 6.77. The van der Waals surface area contributed by atoms with Gasteiger partial charge in [0.25, 0.3) is 0 Å². The van der Waals surface area contributed by atoms with Gasteiger partial charge in [0.2, 0.25) is 5.75 Å². The van der Waals surface area contributed by atoms with E-state index in [0.29, 0.717) is 11.6 Å². The highest BCUT2D eigenvalue weighted by Gasteiger charge is 2.30. The third-order valence-corrected chi connectivity index (χ3v) is 3.90. The molecular formula is C14H15F2N5O3. The summed E-state index contributed by atoms with van der Waals surface area (Å²) in [5.41, 5.74) is 0.0268. The zero-order valence-corrected chi connectivity index (χ0v) is 12.5. The number of rotatable bonds is 7. The first-order valence-electron chi connectivity index (χ1n) is 7.35. The molecule has 1 aromatic carbocycles. The predicted molar refractivity (Wildman–Crippen MR) is 79.9 cm³/mol. The molecule has 1 aromatic heterocycles. The summed E-state index contributed by atoms with van der Waals surface area (Å²) >= 11 is 0. The summed E-state index contributed by atoms with van der Waals surface area (Å²) < 4.78 is 30.8. The highest BCUT2D eigenvalue weighted by atomic mass is 19.3. The molecule has 8 nitrogen and oxygen atoms in total. The number of ether oxygens (including phenoxy) is 1. The van der Waals surface area contributed by atoms with E-state index in [2.05, 4.69) is 20.4 Å². The molecule has 0 aliphatic heterocycles. The lowest BCUT2D eigenvalue weighted by molar-refractivity contribution is -0.386. The summed E-state index contributed by atoms with van der Waals surface area (Å²) in [6.07, 6.45) is 5.20. The number of nitro benzene ring substituents is 1. The molecule has 0 bridgehead atoms. The maximum absolute atomic E-state index is 12.4. The van der Waals surface area contributed by atoms with Crippen LogP contribution in [0.5, 0.6) is 5.75 Å². The van der Waals surface area contributed by atoms with Gasteiger partial charge in [-0.2, -0.15) is 8.78 Å². The molecule has 10 heteroatoms. The fraction of sp³-hybridized carbons (Fsp3) is 0.429.